The summed E-state index contributed by atoms with van der Waals surface area (Å²) in [6, 6.07) is 0. The van der Waals surface area contributed by atoms with Crippen molar-refractivity contribution in [2.75, 3.05) is 6.54 Å². The molecule has 2 rings (SSSR count). The number of pyridine rings is 1. The van der Waals surface area contributed by atoms with Crippen molar-refractivity contribution in [3.8, 4) is 0 Å². The highest BCUT2D eigenvalue weighted by atomic mass is 16.6. The predicted molar refractivity (Wildman–Crippen MR) is 74.5 cm³/mol. The Morgan fingerprint density at radius 1 is 1.40 bits per heavy atom. The van der Waals surface area contributed by atoms with Crippen LogP contribution in [0.1, 0.15) is 22.4 Å². The lowest BCUT2D eigenvalue weighted by atomic mass is 10.1. The van der Waals surface area contributed by atoms with E-state index in [1.54, 1.807) is 24.7 Å². The van der Waals surface area contributed by atoms with Crippen LogP contribution in [-0.2, 0) is 13.0 Å². The fourth-order valence-corrected chi connectivity index (χ4v) is 2.15. The van der Waals surface area contributed by atoms with Crippen LogP contribution in [0.5, 0.6) is 0 Å². The smallest absolute Gasteiger partial charge is 0.278 e. The summed E-state index contributed by atoms with van der Waals surface area (Å²) in [6.45, 7) is 4.39. The normalized spacial score (nSPS) is 10.8. The molecule has 0 radical (unpaired) electrons. The van der Waals surface area contributed by atoms with Crippen LogP contribution in [0.25, 0.3) is 0 Å². The second-order valence-electron chi connectivity index (χ2n) is 4.70. The number of nitro groups is 1. The van der Waals surface area contributed by atoms with Crippen LogP contribution in [0.3, 0.4) is 0 Å². The van der Waals surface area contributed by atoms with Crippen molar-refractivity contribution >= 4 is 5.69 Å². The van der Waals surface area contributed by atoms with Gasteiger partial charge < -0.3 is 5.73 Å². The molecule has 0 spiro atoms. The molecule has 0 aliphatic rings. The third-order valence-corrected chi connectivity index (χ3v) is 3.19. The molecule has 0 aliphatic carbocycles. The van der Waals surface area contributed by atoms with E-state index in [9.17, 15) is 10.1 Å². The maximum atomic E-state index is 11.1. The summed E-state index contributed by atoms with van der Waals surface area (Å²) in [5, 5.41) is 15.3. The molecule has 0 atom stereocenters. The molecular formula is C13H17N5O2. The van der Waals surface area contributed by atoms with Gasteiger partial charge in [0, 0.05) is 18.0 Å². The molecule has 0 aromatic carbocycles. The van der Waals surface area contributed by atoms with Crippen LogP contribution in [0, 0.1) is 24.0 Å². The van der Waals surface area contributed by atoms with Gasteiger partial charge >= 0.3 is 0 Å². The monoisotopic (exact) mass is 275 g/mol. The molecule has 0 aliphatic heterocycles. The summed E-state index contributed by atoms with van der Waals surface area (Å²) in [7, 11) is 0. The Hall–Kier alpha value is -2.28. The van der Waals surface area contributed by atoms with Gasteiger partial charge in [-0.3, -0.25) is 19.8 Å². The lowest BCUT2D eigenvalue weighted by molar-refractivity contribution is -0.386. The van der Waals surface area contributed by atoms with Crippen LogP contribution >= 0.6 is 0 Å². The maximum Gasteiger partial charge on any atom is 0.278 e. The number of rotatable bonds is 5. The summed E-state index contributed by atoms with van der Waals surface area (Å²) >= 11 is 0. The Bertz CT molecular complexity index is 636. The van der Waals surface area contributed by atoms with Crippen LogP contribution < -0.4 is 5.73 Å². The number of nitrogens with zero attached hydrogens (tertiary/aromatic N) is 4. The molecule has 20 heavy (non-hydrogen) atoms. The zero-order chi connectivity index (χ0) is 14.7. The van der Waals surface area contributed by atoms with Gasteiger partial charge in [0.1, 0.15) is 0 Å². The Balaban J connectivity index is 2.29. The highest BCUT2D eigenvalue weighted by molar-refractivity contribution is 5.47. The van der Waals surface area contributed by atoms with E-state index in [4.69, 9.17) is 5.73 Å². The quantitative estimate of drug-likeness (QED) is 0.655. The lowest BCUT2D eigenvalue weighted by Gasteiger charge is -2.07. The molecule has 0 fully saturated rings. The number of hydrogen-bond donors (Lipinski definition) is 1. The zero-order valence-corrected chi connectivity index (χ0v) is 11.5. The van der Waals surface area contributed by atoms with Crippen molar-refractivity contribution in [1.82, 2.24) is 14.8 Å². The van der Waals surface area contributed by atoms with Gasteiger partial charge in [-0.2, -0.15) is 5.10 Å². The summed E-state index contributed by atoms with van der Waals surface area (Å²) in [5.41, 5.74) is 8.48. The van der Waals surface area contributed by atoms with Gasteiger partial charge in [-0.25, -0.2) is 0 Å². The van der Waals surface area contributed by atoms with Gasteiger partial charge in [0.15, 0.2) is 0 Å². The van der Waals surface area contributed by atoms with E-state index in [0.29, 0.717) is 29.9 Å². The lowest BCUT2D eigenvalue weighted by Crippen LogP contribution is -2.07. The third kappa shape index (κ3) is 2.83. The molecule has 0 bridgehead atoms. The molecule has 0 saturated carbocycles. The van der Waals surface area contributed by atoms with E-state index in [2.05, 4.69) is 10.1 Å². The maximum absolute atomic E-state index is 11.1. The Morgan fingerprint density at radius 2 is 2.15 bits per heavy atom. The van der Waals surface area contributed by atoms with Crippen molar-refractivity contribution in [1.29, 1.82) is 0 Å². The second kappa shape index (κ2) is 5.79. The van der Waals surface area contributed by atoms with Gasteiger partial charge in [-0.05, 0) is 32.4 Å². The number of nitrogens with two attached hydrogens (primary N) is 1. The molecule has 2 heterocycles. The molecule has 2 aromatic rings. The minimum Gasteiger partial charge on any atom is -0.330 e. The van der Waals surface area contributed by atoms with Gasteiger partial charge in [-0.15, -0.1) is 0 Å². The molecular weight excluding hydrogens is 258 g/mol. The number of aryl methyl sites for hydroxylation is 1. The summed E-state index contributed by atoms with van der Waals surface area (Å²) < 4.78 is 1.72. The topological polar surface area (TPSA) is 99.9 Å². The number of hydrogen-bond acceptors (Lipinski definition) is 5. The van der Waals surface area contributed by atoms with Crippen molar-refractivity contribution < 1.29 is 4.92 Å². The fraction of sp³-hybridized carbons (Fsp3) is 0.385. The fourth-order valence-electron chi connectivity index (χ4n) is 2.15. The molecule has 106 valence electrons. The van der Waals surface area contributed by atoms with Crippen molar-refractivity contribution in [3.63, 3.8) is 0 Å². The van der Waals surface area contributed by atoms with E-state index in [1.165, 1.54) is 6.20 Å². The third-order valence-electron chi connectivity index (χ3n) is 3.19. The van der Waals surface area contributed by atoms with Crippen molar-refractivity contribution in [3.05, 3.63) is 51.1 Å². The van der Waals surface area contributed by atoms with E-state index in [-0.39, 0.29) is 10.6 Å². The van der Waals surface area contributed by atoms with Gasteiger partial charge in [0.05, 0.1) is 28.9 Å². The van der Waals surface area contributed by atoms with Crippen LogP contribution in [0.2, 0.25) is 0 Å². The molecule has 0 saturated heterocycles. The van der Waals surface area contributed by atoms with E-state index < -0.39 is 0 Å². The molecule has 2 aromatic heterocycles. The van der Waals surface area contributed by atoms with E-state index in [1.807, 2.05) is 6.20 Å². The Morgan fingerprint density at radius 3 is 2.80 bits per heavy atom. The highest BCUT2D eigenvalue weighted by Gasteiger charge is 2.18. The van der Waals surface area contributed by atoms with E-state index in [0.717, 1.165) is 12.0 Å². The van der Waals surface area contributed by atoms with Crippen molar-refractivity contribution in [2.45, 2.75) is 26.8 Å². The van der Waals surface area contributed by atoms with Crippen LogP contribution in [0.15, 0.2) is 18.6 Å². The standard InChI is InChI=1S/C13H17N5O2/c1-9-5-15-12(10(2)13(9)18(19)20)8-17-7-11(3-4-14)6-16-17/h5-7H,3-4,8,14H2,1-2H3. The van der Waals surface area contributed by atoms with Crippen molar-refractivity contribution in [2.24, 2.45) is 5.73 Å². The average molecular weight is 275 g/mol. The molecule has 0 amide bonds. The predicted octanol–water partition coefficient (Wildman–Crippen LogP) is 1.35. The zero-order valence-electron chi connectivity index (χ0n) is 11.5. The average Bonchev–Trinajstić information content (AvgIpc) is 2.81. The largest absolute Gasteiger partial charge is 0.330 e. The molecule has 7 nitrogen and oxygen atoms in total. The Labute approximate surface area is 116 Å². The first-order chi connectivity index (χ1) is 9.52. The molecule has 7 heteroatoms. The van der Waals surface area contributed by atoms with Gasteiger partial charge in [-0.1, -0.05) is 0 Å². The summed E-state index contributed by atoms with van der Waals surface area (Å²) in [6.07, 6.45) is 5.94. The second-order valence-corrected chi connectivity index (χ2v) is 4.70. The van der Waals surface area contributed by atoms with Crippen LogP contribution in [0.4, 0.5) is 5.69 Å². The first-order valence-electron chi connectivity index (χ1n) is 6.33. The van der Waals surface area contributed by atoms with Gasteiger partial charge in [0.25, 0.3) is 5.69 Å². The SMILES string of the molecule is Cc1cnc(Cn2cc(CCN)cn2)c(C)c1[N+](=O)[O-]. The summed E-state index contributed by atoms with van der Waals surface area (Å²) in [4.78, 5) is 15.0. The first kappa shape index (κ1) is 14.1. The minimum atomic E-state index is -0.362. The summed E-state index contributed by atoms with van der Waals surface area (Å²) in [5.74, 6) is 0. The van der Waals surface area contributed by atoms with Gasteiger partial charge in [0.2, 0.25) is 0 Å². The minimum absolute atomic E-state index is 0.129. The Kier molecular flexibility index (Phi) is 4.09. The van der Waals surface area contributed by atoms with E-state index >= 15 is 0 Å². The number of aromatic nitrogens is 3. The van der Waals surface area contributed by atoms with Crippen LogP contribution in [-0.4, -0.2) is 26.2 Å². The first-order valence-corrected chi connectivity index (χ1v) is 6.33. The highest BCUT2D eigenvalue weighted by Crippen LogP contribution is 2.24. The molecule has 0 unspecified atom stereocenters. The molecule has 2 N–H and O–H groups in total.